The van der Waals surface area contributed by atoms with Crippen molar-refractivity contribution in [2.24, 2.45) is 11.8 Å². The molecule has 18 heavy (non-hydrogen) atoms. The minimum absolute atomic E-state index is 0.791. The summed E-state index contributed by atoms with van der Waals surface area (Å²) >= 11 is 5.46. The highest BCUT2D eigenvalue weighted by molar-refractivity contribution is 7.71. The van der Waals surface area contributed by atoms with Crippen LogP contribution in [0.2, 0.25) is 0 Å². The van der Waals surface area contributed by atoms with Crippen LogP contribution in [0.5, 0.6) is 0 Å². The minimum atomic E-state index is 0.791. The lowest BCUT2D eigenvalue weighted by molar-refractivity contribution is 0.258. The Kier molecular flexibility index (Phi) is 3.25. The molecule has 1 aliphatic carbocycles. The molecular weight excluding hydrogens is 240 g/mol. The van der Waals surface area contributed by atoms with E-state index in [2.05, 4.69) is 40.7 Å². The average molecular weight is 260 g/mol. The van der Waals surface area contributed by atoms with Crippen LogP contribution in [0.15, 0.2) is 24.3 Å². The number of aromatic amines is 1. The lowest BCUT2D eigenvalue weighted by Gasteiger charge is -2.27. The number of para-hydroxylation sites is 2. The summed E-state index contributed by atoms with van der Waals surface area (Å²) in [5, 5.41) is 0. The van der Waals surface area contributed by atoms with E-state index in [0.717, 1.165) is 28.7 Å². The van der Waals surface area contributed by atoms with Crippen molar-refractivity contribution in [3.63, 3.8) is 0 Å². The smallest absolute Gasteiger partial charge is 0.178 e. The van der Waals surface area contributed by atoms with Crippen LogP contribution >= 0.6 is 12.2 Å². The van der Waals surface area contributed by atoms with Gasteiger partial charge in [-0.05, 0) is 49.0 Å². The van der Waals surface area contributed by atoms with E-state index in [1.807, 2.05) is 0 Å². The summed E-state index contributed by atoms with van der Waals surface area (Å²) in [6.45, 7) is 3.45. The van der Waals surface area contributed by atoms with Crippen molar-refractivity contribution in [2.45, 2.75) is 39.2 Å². The molecule has 3 heteroatoms. The second kappa shape index (κ2) is 4.88. The maximum absolute atomic E-state index is 5.46. The fourth-order valence-electron chi connectivity index (χ4n) is 3.27. The highest BCUT2D eigenvalue weighted by Gasteiger charge is 2.20. The molecule has 0 aliphatic heterocycles. The van der Waals surface area contributed by atoms with Crippen molar-refractivity contribution in [3.8, 4) is 0 Å². The van der Waals surface area contributed by atoms with Gasteiger partial charge < -0.3 is 9.55 Å². The number of hydrogen-bond acceptors (Lipinski definition) is 1. The fourth-order valence-corrected chi connectivity index (χ4v) is 3.55. The standard InChI is InChI=1S/C15H20N2S/c1-11-5-4-6-12(9-11)10-17-14-8-3-2-7-13(14)16-15(17)18/h2-3,7-8,11-12H,4-6,9-10H2,1H3,(H,16,18). The molecule has 96 valence electrons. The predicted octanol–water partition coefficient (Wildman–Crippen LogP) is 4.53. The summed E-state index contributed by atoms with van der Waals surface area (Å²) in [6.07, 6.45) is 5.48. The highest BCUT2D eigenvalue weighted by Crippen LogP contribution is 2.30. The molecule has 0 bridgehead atoms. The summed E-state index contributed by atoms with van der Waals surface area (Å²) in [5.41, 5.74) is 2.41. The third kappa shape index (κ3) is 2.24. The van der Waals surface area contributed by atoms with Gasteiger partial charge in [-0.1, -0.05) is 31.9 Å². The Morgan fingerprint density at radius 2 is 2.17 bits per heavy atom. The molecule has 2 aromatic rings. The number of imidazole rings is 1. The van der Waals surface area contributed by atoms with E-state index in [0.29, 0.717) is 0 Å². The molecule has 0 spiro atoms. The molecule has 1 N–H and O–H groups in total. The quantitative estimate of drug-likeness (QED) is 0.787. The van der Waals surface area contributed by atoms with Gasteiger partial charge in [0.05, 0.1) is 11.0 Å². The molecule has 0 radical (unpaired) electrons. The summed E-state index contributed by atoms with van der Waals surface area (Å²) in [6, 6.07) is 8.41. The molecular formula is C15H20N2S. The summed E-state index contributed by atoms with van der Waals surface area (Å²) < 4.78 is 3.15. The SMILES string of the molecule is CC1CCCC(Cn2c(=S)[nH]c3ccccc32)C1. The fraction of sp³-hybridized carbons (Fsp3) is 0.533. The number of rotatable bonds is 2. The van der Waals surface area contributed by atoms with E-state index in [4.69, 9.17) is 12.2 Å². The van der Waals surface area contributed by atoms with Crippen LogP contribution in [-0.4, -0.2) is 9.55 Å². The first kappa shape index (κ1) is 12.0. The van der Waals surface area contributed by atoms with Gasteiger partial charge in [-0.3, -0.25) is 0 Å². The number of nitrogens with one attached hydrogen (secondary N) is 1. The Labute approximate surface area is 113 Å². The monoisotopic (exact) mass is 260 g/mol. The molecule has 1 saturated carbocycles. The molecule has 1 aliphatic rings. The van der Waals surface area contributed by atoms with Crippen molar-refractivity contribution in [1.82, 2.24) is 9.55 Å². The van der Waals surface area contributed by atoms with E-state index in [-0.39, 0.29) is 0 Å². The van der Waals surface area contributed by atoms with Gasteiger partial charge in [-0.15, -0.1) is 0 Å². The van der Waals surface area contributed by atoms with E-state index in [1.165, 1.54) is 31.2 Å². The van der Waals surface area contributed by atoms with Crippen LogP contribution in [-0.2, 0) is 6.54 Å². The molecule has 1 fully saturated rings. The lowest BCUT2D eigenvalue weighted by atomic mass is 9.82. The van der Waals surface area contributed by atoms with Gasteiger partial charge in [0.15, 0.2) is 4.77 Å². The van der Waals surface area contributed by atoms with Gasteiger partial charge in [0, 0.05) is 6.54 Å². The first-order chi connectivity index (χ1) is 8.74. The first-order valence-corrected chi connectivity index (χ1v) is 7.32. The molecule has 1 heterocycles. The molecule has 1 aromatic heterocycles. The predicted molar refractivity (Wildman–Crippen MR) is 78.2 cm³/mol. The van der Waals surface area contributed by atoms with Crippen molar-refractivity contribution in [2.75, 3.05) is 0 Å². The van der Waals surface area contributed by atoms with Crippen LogP contribution in [0.1, 0.15) is 32.6 Å². The molecule has 0 amide bonds. The molecule has 2 atom stereocenters. The van der Waals surface area contributed by atoms with Crippen LogP contribution < -0.4 is 0 Å². The number of nitrogens with zero attached hydrogens (tertiary/aromatic N) is 1. The Bertz CT molecular complexity index is 596. The summed E-state index contributed by atoms with van der Waals surface area (Å²) in [5.74, 6) is 1.67. The molecule has 2 unspecified atom stereocenters. The zero-order chi connectivity index (χ0) is 12.5. The highest BCUT2D eigenvalue weighted by atomic mass is 32.1. The number of H-pyrrole nitrogens is 1. The van der Waals surface area contributed by atoms with Crippen LogP contribution in [0.25, 0.3) is 11.0 Å². The molecule has 2 nitrogen and oxygen atoms in total. The van der Waals surface area contributed by atoms with Gasteiger partial charge in [0.1, 0.15) is 0 Å². The Morgan fingerprint density at radius 1 is 1.33 bits per heavy atom. The van der Waals surface area contributed by atoms with Crippen molar-refractivity contribution in [1.29, 1.82) is 0 Å². The van der Waals surface area contributed by atoms with E-state index in [1.54, 1.807) is 0 Å². The van der Waals surface area contributed by atoms with Gasteiger partial charge in [-0.2, -0.15) is 0 Å². The largest absolute Gasteiger partial charge is 0.331 e. The van der Waals surface area contributed by atoms with Gasteiger partial charge in [0.25, 0.3) is 0 Å². The zero-order valence-electron chi connectivity index (χ0n) is 10.9. The summed E-state index contributed by atoms with van der Waals surface area (Å²) in [4.78, 5) is 3.31. The Morgan fingerprint density at radius 3 is 3.00 bits per heavy atom. The van der Waals surface area contributed by atoms with Crippen LogP contribution in [0, 0.1) is 16.6 Å². The maximum atomic E-state index is 5.46. The topological polar surface area (TPSA) is 20.7 Å². The van der Waals surface area contributed by atoms with Crippen LogP contribution in [0.3, 0.4) is 0 Å². The number of fused-ring (bicyclic) bond motifs is 1. The third-order valence-electron chi connectivity index (χ3n) is 4.17. The third-order valence-corrected chi connectivity index (χ3v) is 4.49. The molecule has 0 saturated heterocycles. The van der Waals surface area contributed by atoms with Crippen LogP contribution in [0.4, 0.5) is 0 Å². The number of aromatic nitrogens is 2. The molecule has 1 aromatic carbocycles. The average Bonchev–Trinajstić information content (AvgIpc) is 2.66. The maximum Gasteiger partial charge on any atom is 0.178 e. The van der Waals surface area contributed by atoms with E-state index < -0.39 is 0 Å². The van der Waals surface area contributed by atoms with Gasteiger partial charge in [0.2, 0.25) is 0 Å². The van der Waals surface area contributed by atoms with E-state index >= 15 is 0 Å². The number of benzene rings is 1. The number of hydrogen-bond donors (Lipinski definition) is 1. The van der Waals surface area contributed by atoms with Gasteiger partial charge in [-0.25, -0.2) is 0 Å². The lowest BCUT2D eigenvalue weighted by Crippen LogP contribution is -2.18. The second-order valence-corrected chi connectivity index (χ2v) is 6.08. The van der Waals surface area contributed by atoms with Crippen molar-refractivity contribution in [3.05, 3.63) is 29.0 Å². The Hall–Kier alpha value is -1.09. The minimum Gasteiger partial charge on any atom is -0.331 e. The normalized spacial score (nSPS) is 24.5. The zero-order valence-corrected chi connectivity index (χ0v) is 11.7. The van der Waals surface area contributed by atoms with Crippen molar-refractivity contribution >= 4 is 23.3 Å². The van der Waals surface area contributed by atoms with Crippen molar-refractivity contribution < 1.29 is 0 Å². The summed E-state index contributed by atoms with van der Waals surface area (Å²) in [7, 11) is 0. The first-order valence-electron chi connectivity index (χ1n) is 6.91. The van der Waals surface area contributed by atoms with E-state index in [9.17, 15) is 0 Å². The molecule has 3 rings (SSSR count). The second-order valence-electron chi connectivity index (χ2n) is 5.70. The van der Waals surface area contributed by atoms with Gasteiger partial charge >= 0.3 is 0 Å². The Balaban J connectivity index is 1.90.